The summed E-state index contributed by atoms with van der Waals surface area (Å²) in [5, 5.41) is 5.39. The highest BCUT2D eigenvalue weighted by molar-refractivity contribution is 5.91. The van der Waals surface area contributed by atoms with Crippen LogP contribution in [0.1, 0.15) is 19.4 Å². The summed E-state index contributed by atoms with van der Waals surface area (Å²) in [5.74, 6) is 8.37. The average Bonchev–Trinajstić information content (AvgIpc) is 3.05. The number of carbonyl (C=O) groups is 1. The molecule has 7 nitrogen and oxygen atoms in total. The molecule has 0 saturated heterocycles. The van der Waals surface area contributed by atoms with E-state index in [0.29, 0.717) is 22.9 Å². The number of amides is 2. The minimum Gasteiger partial charge on any atom is -0.497 e. The zero-order valence-corrected chi connectivity index (χ0v) is 17.6. The molecule has 2 aromatic rings. The Kier molecular flexibility index (Phi) is 6.58. The number of fused-ring (bicyclic) bond motifs is 1. The Hall–Kier alpha value is -3.53. The molecule has 1 heterocycles. The van der Waals surface area contributed by atoms with E-state index in [2.05, 4.69) is 36.3 Å². The highest BCUT2D eigenvalue weighted by atomic mass is 16.5. The second-order valence-electron chi connectivity index (χ2n) is 7.30. The predicted molar refractivity (Wildman–Crippen MR) is 115 cm³/mol. The molecule has 0 aliphatic carbocycles. The van der Waals surface area contributed by atoms with E-state index in [0.717, 1.165) is 17.7 Å². The highest BCUT2D eigenvalue weighted by Crippen LogP contribution is 2.41. The minimum absolute atomic E-state index is 0.185. The van der Waals surface area contributed by atoms with Gasteiger partial charge < -0.3 is 29.6 Å². The third kappa shape index (κ3) is 5.29. The Morgan fingerprint density at radius 1 is 1.13 bits per heavy atom. The summed E-state index contributed by atoms with van der Waals surface area (Å²) in [6.07, 6.45) is 0.850. The molecule has 0 fully saturated rings. The van der Waals surface area contributed by atoms with Gasteiger partial charge >= 0.3 is 6.03 Å². The van der Waals surface area contributed by atoms with E-state index in [4.69, 9.17) is 18.9 Å². The van der Waals surface area contributed by atoms with E-state index in [1.165, 1.54) is 7.11 Å². The molecule has 2 amide bonds. The van der Waals surface area contributed by atoms with Crippen molar-refractivity contribution in [2.75, 3.05) is 32.7 Å². The topological polar surface area (TPSA) is 78.1 Å². The second kappa shape index (κ2) is 9.31. The van der Waals surface area contributed by atoms with Crippen LogP contribution >= 0.6 is 0 Å². The number of hydrogen-bond donors (Lipinski definition) is 2. The molecule has 0 radical (unpaired) electrons. The predicted octanol–water partition coefficient (Wildman–Crippen LogP) is 3.62. The van der Waals surface area contributed by atoms with E-state index < -0.39 is 0 Å². The fourth-order valence-electron chi connectivity index (χ4n) is 3.12. The number of para-hydroxylation sites is 1. The Balaban J connectivity index is 1.46. The summed E-state index contributed by atoms with van der Waals surface area (Å²) in [6, 6.07) is 10.6. The third-order valence-corrected chi connectivity index (χ3v) is 4.47. The van der Waals surface area contributed by atoms with Gasteiger partial charge in [-0.05, 0) is 32.0 Å². The van der Waals surface area contributed by atoms with Gasteiger partial charge in [-0.15, -0.1) is 0 Å². The van der Waals surface area contributed by atoms with Crippen LogP contribution in [0.4, 0.5) is 10.5 Å². The summed E-state index contributed by atoms with van der Waals surface area (Å²) in [7, 11) is 3.09. The van der Waals surface area contributed by atoms with Crippen molar-refractivity contribution in [2.45, 2.75) is 25.9 Å². The standard InChI is InChI=1S/C23H26N2O5/c1-23(2)15-16-8-7-9-19(21(16)30-23)29-13-6-5-12-24-22(26)25-18-11-10-17(27-3)14-20(18)28-4/h7-11,14H,12-13,15H2,1-4H3,(H2,24,25,26). The summed E-state index contributed by atoms with van der Waals surface area (Å²) in [5.41, 5.74) is 1.45. The van der Waals surface area contributed by atoms with E-state index in [1.807, 2.05) is 18.2 Å². The number of carbonyl (C=O) groups excluding carboxylic acids is 1. The van der Waals surface area contributed by atoms with Crippen molar-refractivity contribution in [3.63, 3.8) is 0 Å². The van der Waals surface area contributed by atoms with E-state index in [9.17, 15) is 4.79 Å². The van der Waals surface area contributed by atoms with Crippen molar-refractivity contribution in [1.29, 1.82) is 0 Å². The highest BCUT2D eigenvalue weighted by Gasteiger charge is 2.32. The van der Waals surface area contributed by atoms with Crippen LogP contribution in [-0.4, -0.2) is 39.0 Å². The van der Waals surface area contributed by atoms with Gasteiger partial charge in [0.25, 0.3) is 0 Å². The zero-order chi connectivity index (χ0) is 21.6. The lowest BCUT2D eigenvalue weighted by atomic mass is 10.0. The molecule has 2 N–H and O–H groups in total. The molecule has 0 spiro atoms. The van der Waals surface area contributed by atoms with Crippen LogP contribution in [0.5, 0.6) is 23.0 Å². The van der Waals surface area contributed by atoms with Gasteiger partial charge in [0.1, 0.15) is 23.7 Å². The van der Waals surface area contributed by atoms with E-state index >= 15 is 0 Å². The number of rotatable bonds is 6. The molecule has 0 atom stereocenters. The maximum atomic E-state index is 12.1. The molecule has 0 bridgehead atoms. The van der Waals surface area contributed by atoms with Crippen molar-refractivity contribution in [1.82, 2.24) is 5.32 Å². The molecule has 158 valence electrons. The van der Waals surface area contributed by atoms with Gasteiger partial charge in [0, 0.05) is 18.1 Å². The van der Waals surface area contributed by atoms with Crippen molar-refractivity contribution >= 4 is 11.7 Å². The zero-order valence-electron chi connectivity index (χ0n) is 17.6. The summed E-state index contributed by atoms with van der Waals surface area (Å²) in [4.78, 5) is 12.1. The Morgan fingerprint density at radius 3 is 2.73 bits per heavy atom. The van der Waals surface area contributed by atoms with E-state index in [-0.39, 0.29) is 24.8 Å². The molecule has 0 aromatic heterocycles. The van der Waals surface area contributed by atoms with Gasteiger partial charge in [-0.25, -0.2) is 4.79 Å². The van der Waals surface area contributed by atoms with Crippen LogP contribution in [0.2, 0.25) is 0 Å². The smallest absolute Gasteiger partial charge is 0.320 e. The molecule has 1 aliphatic heterocycles. The number of ether oxygens (including phenoxy) is 4. The molecule has 0 unspecified atom stereocenters. The van der Waals surface area contributed by atoms with Crippen LogP contribution in [0.15, 0.2) is 36.4 Å². The molecule has 30 heavy (non-hydrogen) atoms. The van der Waals surface area contributed by atoms with Crippen LogP contribution < -0.4 is 29.6 Å². The summed E-state index contributed by atoms with van der Waals surface area (Å²) >= 11 is 0. The fraction of sp³-hybridized carbons (Fsp3) is 0.348. The Morgan fingerprint density at radius 2 is 1.97 bits per heavy atom. The number of anilines is 1. The maximum Gasteiger partial charge on any atom is 0.320 e. The second-order valence-corrected chi connectivity index (χ2v) is 7.30. The number of urea groups is 1. The maximum absolute atomic E-state index is 12.1. The van der Waals surface area contributed by atoms with Gasteiger partial charge in [-0.1, -0.05) is 24.0 Å². The number of nitrogens with one attached hydrogen (secondary N) is 2. The third-order valence-electron chi connectivity index (χ3n) is 4.47. The van der Waals surface area contributed by atoms with Gasteiger partial charge in [-0.3, -0.25) is 0 Å². The summed E-state index contributed by atoms with van der Waals surface area (Å²) < 4.78 is 22.1. The van der Waals surface area contributed by atoms with Crippen LogP contribution in [0, 0.1) is 11.8 Å². The van der Waals surface area contributed by atoms with Crippen molar-refractivity contribution in [3.05, 3.63) is 42.0 Å². The monoisotopic (exact) mass is 410 g/mol. The number of benzene rings is 2. The molecular formula is C23H26N2O5. The first-order valence-electron chi connectivity index (χ1n) is 9.58. The molecule has 3 rings (SSSR count). The average molecular weight is 410 g/mol. The first-order valence-corrected chi connectivity index (χ1v) is 9.58. The van der Waals surface area contributed by atoms with Crippen LogP contribution in [0.25, 0.3) is 0 Å². The lowest BCUT2D eigenvalue weighted by molar-refractivity contribution is 0.133. The van der Waals surface area contributed by atoms with Crippen molar-refractivity contribution < 1.29 is 23.7 Å². The SMILES string of the molecule is COc1ccc(NC(=O)NCC#CCOc2cccc3c2OC(C)(C)C3)c(OC)c1. The minimum atomic E-state index is -0.384. The molecule has 7 heteroatoms. The molecular weight excluding hydrogens is 384 g/mol. The summed E-state index contributed by atoms with van der Waals surface area (Å²) in [6.45, 7) is 4.49. The Bertz CT molecular complexity index is 975. The van der Waals surface area contributed by atoms with Crippen molar-refractivity contribution in [2.24, 2.45) is 0 Å². The Labute approximate surface area is 176 Å². The first kappa shape index (κ1) is 21.2. The van der Waals surface area contributed by atoms with Crippen LogP contribution in [0.3, 0.4) is 0 Å². The van der Waals surface area contributed by atoms with Crippen LogP contribution in [-0.2, 0) is 6.42 Å². The van der Waals surface area contributed by atoms with E-state index in [1.54, 1.807) is 25.3 Å². The van der Waals surface area contributed by atoms with Gasteiger partial charge in [0.2, 0.25) is 0 Å². The quantitative estimate of drug-likeness (QED) is 0.712. The van der Waals surface area contributed by atoms with Gasteiger partial charge in [0.05, 0.1) is 26.5 Å². The molecule has 0 saturated carbocycles. The largest absolute Gasteiger partial charge is 0.497 e. The molecule has 1 aliphatic rings. The fourth-order valence-corrected chi connectivity index (χ4v) is 3.12. The van der Waals surface area contributed by atoms with Crippen molar-refractivity contribution in [3.8, 4) is 34.8 Å². The lowest BCUT2D eigenvalue weighted by Gasteiger charge is -2.17. The molecule has 2 aromatic carbocycles. The first-order chi connectivity index (χ1) is 14.4. The number of methoxy groups -OCH3 is 2. The lowest BCUT2D eigenvalue weighted by Crippen LogP contribution is -2.29. The number of hydrogen-bond acceptors (Lipinski definition) is 5. The van der Waals surface area contributed by atoms with Gasteiger partial charge in [0.15, 0.2) is 11.5 Å². The van der Waals surface area contributed by atoms with Gasteiger partial charge in [-0.2, -0.15) is 0 Å². The normalized spacial score (nSPS) is 13.2.